The average molecular weight is 318 g/mol. The monoisotopic (exact) mass is 318 g/mol. The van der Waals surface area contributed by atoms with E-state index in [1.54, 1.807) is 13.0 Å². The number of hydrogen-bond donors (Lipinski definition) is 0. The van der Waals surface area contributed by atoms with Crippen molar-refractivity contribution in [2.75, 3.05) is 0 Å². The minimum Gasteiger partial charge on any atom is -0.303 e. The number of carbonyl (C=O) groups is 1. The van der Waals surface area contributed by atoms with Crippen molar-refractivity contribution in [2.24, 2.45) is 0 Å². The Morgan fingerprint density at radius 3 is 2.79 bits per heavy atom. The number of nitrogens with zero attached hydrogens (tertiary/aromatic N) is 2. The lowest BCUT2D eigenvalue weighted by molar-refractivity contribution is -0.114. The molecule has 0 amide bonds. The number of pyridine rings is 1. The highest BCUT2D eigenvalue weighted by molar-refractivity contribution is 6.32. The normalized spacial score (nSPS) is 11.0. The van der Waals surface area contributed by atoms with Gasteiger partial charge in [0, 0.05) is 11.8 Å². The number of halogens is 1. The van der Waals surface area contributed by atoms with Crippen LogP contribution in [-0.4, -0.2) is 23.0 Å². The third kappa shape index (κ3) is 2.78. The quantitative estimate of drug-likeness (QED) is 0.548. The van der Waals surface area contributed by atoms with Crippen molar-refractivity contribution in [3.05, 3.63) is 65.8 Å². The Bertz CT molecular complexity index is 952. The number of benzene rings is 1. The molecule has 0 spiro atoms. The molecular weight excluding hydrogens is 302 g/mol. The number of imidazole rings is 1. The van der Waals surface area contributed by atoms with E-state index >= 15 is 0 Å². The first-order chi connectivity index (χ1) is 11.4. The van der Waals surface area contributed by atoms with Crippen molar-refractivity contribution in [2.45, 2.75) is 20.3 Å². The number of hydrogen-bond acceptors (Lipinski definition) is 2. The van der Waals surface area contributed by atoms with Gasteiger partial charge in [0.2, 0.25) is 0 Å². The summed E-state index contributed by atoms with van der Waals surface area (Å²) < 4.78 is 16.4. The van der Waals surface area contributed by atoms with Crippen LogP contribution in [0.2, 0.25) is 0 Å². The number of rotatable bonds is 4. The molecule has 3 nitrogen and oxygen atoms in total. The van der Waals surface area contributed by atoms with E-state index in [-0.39, 0.29) is 12.2 Å². The molecule has 0 saturated heterocycles. The average Bonchev–Trinajstić information content (AvgIpc) is 2.83. The second-order valence-electron chi connectivity index (χ2n) is 5.88. The molecule has 2 heterocycles. The van der Waals surface area contributed by atoms with E-state index in [9.17, 15) is 9.18 Å². The summed E-state index contributed by atoms with van der Waals surface area (Å²) in [6, 6.07) is 6.80. The maximum Gasteiger partial charge on any atom is 0.161 e. The van der Waals surface area contributed by atoms with Crippen LogP contribution in [-0.2, 0) is 11.2 Å². The summed E-state index contributed by atoms with van der Waals surface area (Å²) in [4.78, 5) is 16.5. The standard InChI is InChI=1S/C19H16BFN2O/c1-4-14(24)10-16-19(18-12(3)8-13(20)9-15(18)21)22-17-7-11(2)5-6-23(16)17/h4-9H,1,10H2,2-3H3. The lowest BCUT2D eigenvalue weighted by Crippen LogP contribution is -2.08. The largest absolute Gasteiger partial charge is 0.303 e. The zero-order chi connectivity index (χ0) is 17.4. The van der Waals surface area contributed by atoms with Crippen LogP contribution in [0.1, 0.15) is 16.8 Å². The number of fused-ring (bicyclic) bond motifs is 1. The molecule has 0 atom stereocenters. The number of carbonyl (C=O) groups excluding carboxylic acids is 1. The molecule has 3 aromatic rings. The van der Waals surface area contributed by atoms with Gasteiger partial charge in [-0.05, 0) is 49.2 Å². The molecule has 2 radical (unpaired) electrons. The van der Waals surface area contributed by atoms with Gasteiger partial charge in [-0.25, -0.2) is 9.37 Å². The van der Waals surface area contributed by atoms with Gasteiger partial charge in [-0.15, -0.1) is 0 Å². The predicted octanol–water partition coefficient (Wildman–Crippen LogP) is 2.85. The summed E-state index contributed by atoms with van der Waals surface area (Å²) in [5.41, 5.74) is 4.23. The van der Waals surface area contributed by atoms with Crippen LogP contribution >= 0.6 is 0 Å². The minimum absolute atomic E-state index is 0.103. The number of aromatic nitrogens is 2. The Morgan fingerprint density at radius 2 is 2.12 bits per heavy atom. The van der Waals surface area contributed by atoms with Crippen molar-refractivity contribution in [1.29, 1.82) is 0 Å². The zero-order valence-corrected chi connectivity index (χ0v) is 13.6. The molecular formula is C19H16BFN2O. The van der Waals surface area contributed by atoms with Crippen LogP contribution in [0.25, 0.3) is 16.9 Å². The summed E-state index contributed by atoms with van der Waals surface area (Å²) in [5, 5.41) is 0. The SMILES string of the molecule is [B]c1cc(C)c(-c2nc3cc(C)ccn3c2CC(=O)C=C)c(F)c1. The van der Waals surface area contributed by atoms with Crippen molar-refractivity contribution < 1.29 is 9.18 Å². The van der Waals surface area contributed by atoms with Gasteiger partial charge in [-0.3, -0.25) is 4.79 Å². The van der Waals surface area contributed by atoms with E-state index in [0.29, 0.717) is 33.6 Å². The second-order valence-corrected chi connectivity index (χ2v) is 5.88. The molecule has 0 aliphatic carbocycles. The minimum atomic E-state index is -0.445. The molecule has 5 heteroatoms. The smallest absolute Gasteiger partial charge is 0.161 e. The Balaban J connectivity index is 2.33. The first kappa shape index (κ1) is 16.2. The van der Waals surface area contributed by atoms with Gasteiger partial charge in [0.25, 0.3) is 0 Å². The second kappa shape index (κ2) is 6.08. The molecule has 0 aliphatic heterocycles. The number of ketones is 1. The summed E-state index contributed by atoms with van der Waals surface area (Å²) in [7, 11) is 5.71. The van der Waals surface area contributed by atoms with E-state index in [4.69, 9.17) is 7.85 Å². The molecule has 1 aromatic carbocycles. The highest BCUT2D eigenvalue weighted by atomic mass is 19.1. The number of allylic oxidation sites excluding steroid dienone is 1. The van der Waals surface area contributed by atoms with E-state index < -0.39 is 5.82 Å². The Labute approximate surface area is 141 Å². The fourth-order valence-electron chi connectivity index (χ4n) is 2.87. The van der Waals surface area contributed by atoms with E-state index in [1.807, 2.05) is 29.7 Å². The summed E-state index contributed by atoms with van der Waals surface area (Å²) in [6.45, 7) is 7.25. The van der Waals surface area contributed by atoms with Gasteiger partial charge < -0.3 is 4.40 Å². The van der Waals surface area contributed by atoms with E-state index in [0.717, 1.165) is 5.56 Å². The highest BCUT2D eigenvalue weighted by Gasteiger charge is 2.20. The van der Waals surface area contributed by atoms with Gasteiger partial charge in [0.05, 0.1) is 17.8 Å². The Morgan fingerprint density at radius 1 is 1.38 bits per heavy atom. The lowest BCUT2D eigenvalue weighted by Gasteiger charge is -2.09. The third-order valence-corrected chi connectivity index (χ3v) is 4.00. The van der Waals surface area contributed by atoms with Crippen LogP contribution in [0.5, 0.6) is 0 Å². The maximum absolute atomic E-state index is 14.6. The lowest BCUT2D eigenvalue weighted by atomic mass is 9.90. The molecule has 0 bridgehead atoms. The van der Waals surface area contributed by atoms with Crippen LogP contribution < -0.4 is 5.46 Å². The molecule has 0 saturated carbocycles. The molecule has 3 rings (SSSR count). The van der Waals surface area contributed by atoms with Gasteiger partial charge >= 0.3 is 0 Å². The van der Waals surface area contributed by atoms with Crippen LogP contribution in [0.4, 0.5) is 4.39 Å². The van der Waals surface area contributed by atoms with Gasteiger partial charge in [-0.2, -0.15) is 0 Å². The van der Waals surface area contributed by atoms with Crippen LogP contribution in [0.15, 0.2) is 43.1 Å². The van der Waals surface area contributed by atoms with E-state index in [1.165, 1.54) is 12.1 Å². The molecule has 0 aliphatic rings. The summed E-state index contributed by atoms with van der Waals surface area (Å²) >= 11 is 0. The van der Waals surface area contributed by atoms with Crippen LogP contribution in [0, 0.1) is 19.7 Å². The third-order valence-electron chi connectivity index (χ3n) is 4.00. The summed E-state index contributed by atoms with van der Waals surface area (Å²) in [5.74, 6) is -0.591. The van der Waals surface area contributed by atoms with Gasteiger partial charge in [0.15, 0.2) is 5.78 Å². The molecule has 0 unspecified atom stereocenters. The molecule has 118 valence electrons. The fraction of sp³-hybridized carbons (Fsp3) is 0.158. The van der Waals surface area contributed by atoms with Crippen molar-refractivity contribution >= 4 is 24.7 Å². The van der Waals surface area contributed by atoms with Crippen LogP contribution in [0.3, 0.4) is 0 Å². The van der Waals surface area contributed by atoms with Crippen molar-refractivity contribution in [3.63, 3.8) is 0 Å². The molecule has 0 N–H and O–H groups in total. The molecule has 0 fully saturated rings. The van der Waals surface area contributed by atoms with Crippen molar-refractivity contribution in [3.8, 4) is 11.3 Å². The van der Waals surface area contributed by atoms with E-state index in [2.05, 4.69) is 11.6 Å². The predicted molar refractivity (Wildman–Crippen MR) is 94.4 cm³/mol. The molecule has 2 aromatic heterocycles. The Hall–Kier alpha value is -2.69. The zero-order valence-electron chi connectivity index (χ0n) is 13.6. The maximum atomic E-state index is 14.6. The first-order valence-electron chi connectivity index (χ1n) is 7.59. The van der Waals surface area contributed by atoms with Crippen molar-refractivity contribution in [1.82, 2.24) is 9.38 Å². The number of aryl methyl sites for hydroxylation is 2. The first-order valence-corrected chi connectivity index (χ1v) is 7.59. The highest BCUT2D eigenvalue weighted by Crippen LogP contribution is 2.30. The topological polar surface area (TPSA) is 34.4 Å². The van der Waals surface area contributed by atoms with Gasteiger partial charge in [0.1, 0.15) is 19.3 Å². The Kier molecular flexibility index (Phi) is 4.10. The molecule has 24 heavy (non-hydrogen) atoms. The fourth-order valence-corrected chi connectivity index (χ4v) is 2.87. The summed E-state index contributed by atoms with van der Waals surface area (Å²) in [6.07, 6.45) is 3.22. The van der Waals surface area contributed by atoms with Gasteiger partial charge in [-0.1, -0.05) is 18.1 Å².